The Morgan fingerprint density at radius 1 is 1.65 bits per heavy atom. The highest BCUT2D eigenvalue weighted by Crippen LogP contribution is 2.30. The maximum absolute atomic E-state index is 10.7. The van der Waals surface area contributed by atoms with Crippen LogP contribution in [0.4, 0.5) is 0 Å². The molecular formula is C11H12ClN3O2. The van der Waals surface area contributed by atoms with Crippen molar-refractivity contribution >= 4 is 28.5 Å². The van der Waals surface area contributed by atoms with E-state index in [-0.39, 0.29) is 6.42 Å². The standard InChI is InChI=1S/C11H12ClN3O2/c1-15-8-4-2-3-6(7(13)5-9(16)17)10(8)11(12)14-15/h2-4,7H,5,13H2,1H3,(H,16,17). The molecule has 2 rings (SSSR count). The first-order chi connectivity index (χ1) is 8.00. The molecule has 0 spiro atoms. The molecule has 0 aliphatic carbocycles. The second-order valence-corrected chi connectivity index (χ2v) is 4.22. The summed E-state index contributed by atoms with van der Waals surface area (Å²) in [5.41, 5.74) is 7.42. The molecule has 0 saturated heterocycles. The van der Waals surface area contributed by atoms with E-state index in [1.54, 1.807) is 17.8 Å². The Morgan fingerprint density at radius 2 is 2.35 bits per heavy atom. The largest absolute Gasteiger partial charge is 0.481 e. The van der Waals surface area contributed by atoms with Crippen molar-refractivity contribution in [1.29, 1.82) is 0 Å². The number of nitrogens with zero attached hydrogens (tertiary/aromatic N) is 2. The highest BCUT2D eigenvalue weighted by Gasteiger charge is 2.17. The van der Waals surface area contributed by atoms with Crippen molar-refractivity contribution < 1.29 is 9.90 Å². The number of hydrogen-bond donors (Lipinski definition) is 2. The fourth-order valence-electron chi connectivity index (χ4n) is 1.89. The van der Waals surface area contributed by atoms with Crippen molar-refractivity contribution in [2.24, 2.45) is 12.8 Å². The molecule has 17 heavy (non-hydrogen) atoms. The Morgan fingerprint density at radius 3 is 3.00 bits per heavy atom. The minimum Gasteiger partial charge on any atom is -0.481 e. The molecule has 1 aromatic carbocycles. The van der Waals surface area contributed by atoms with Gasteiger partial charge in [-0.2, -0.15) is 5.10 Å². The third-order valence-corrected chi connectivity index (χ3v) is 2.93. The van der Waals surface area contributed by atoms with Crippen molar-refractivity contribution in [2.75, 3.05) is 0 Å². The fraction of sp³-hybridized carbons (Fsp3) is 0.273. The van der Waals surface area contributed by atoms with E-state index in [2.05, 4.69) is 5.10 Å². The first-order valence-corrected chi connectivity index (χ1v) is 5.47. The van der Waals surface area contributed by atoms with Gasteiger partial charge < -0.3 is 10.8 Å². The van der Waals surface area contributed by atoms with E-state index in [0.717, 1.165) is 10.9 Å². The number of aromatic nitrogens is 2. The van der Waals surface area contributed by atoms with Gasteiger partial charge in [-0.1, -0.05) is 23.7 Å². The van der Waals surface area contributed by atoms with E-state index in [1.165, 1.54) is 0 Å². The second kappa shape index (κ2) is 4.35. The Kier molecular flexibility index (Phi) is 3.04. The number of fused-ring (bicyclic) bond motifs is 1. The molecule has 5 nitrogen and oxygen atoms in total. The zero-order valence-corrected chi connectivity index (χ0v) is 9.98. The molecule has 0 aliphatic rings. The topological polar surface area (TPSA) is 81.1 Å². The number of aliphatic carboxylic acids is 1. The summed E-state index contributed by atoms with van der Waals surface area (Å²) in [6.07, 6.45) is -0.135. The molecule has 0 amide bonds. The minimum absolute atomic E-state index is 0.135. The zero-order chi connectivity index (χ0) is 12.6. The van der Waals surface area contributed by atoms with E-state index >= 15 is 0 Å². The molecule has 90 valence electrons. The average molecular weight is 254 g/mol. The summed E-state index contributed by atoms with van der Waals surface area (Å²) >= 11 is 6.03. The normalized spacial score (nSPS) is 12.9. The number of carboxylic acid groups (broad SMARTS) is 1. The molecular weight excluding hydrogens is 242 g/mol. The predicted octanol–water partition coefficient (Wildman–Crippen LogP) is 1.70. The van der Waals surface area contributed by atoms with Gasteiger partial charge in [0.1, 0.15) is 0 Å². The Balaban J connectivity index is 2.57. The average Bonchev–Trinajstić information content (AvgIpc) is 2.54. The highest BCUT2D eigenvalue weighted by atomic mass is 35.5. The van der Waals surface area contributed by atoms with Crippen LogP contribution in [-0.4, -0.2) is 20.9 Å². The first-order valence-electron chi connectivity index (χ1n) is 5.09. The van der Waals surface area contributed by atoms with Crippen molar-refractivity contribution in [1.82, 2.24) is 9.78 Å². The maximum Gasteiger partial charge on any atom is 0.305 e. The number of benzene rings is 1. The van der Waals surface area contributed by atoms with Crippen LogP contribution < -0.4 is 5.73 Å². The maximum atomic E-state index is 10.7. The SMILES string of the molecule is Cn1nc(Cl)c2c(C(N)CC(=O)O)cccc21. The molecule has 0 radical (unpaired) electrons. The summed E-state index contributed by atoms with van der Waals surface area (Å²) in [4.78, 5) is 10.7. The molecule has 1 unspecified atom stereocenters. The predicted molar refractivity (Wildman–Crippen MR) is 64.9 cm³/mol. The van der Waals surface area contributed by atoms with Crippen LogP contribution in [0.25, 0.3) is 10.9 Å². The summed E-state index contributed by atoms with van der Waals surface area (Å²) in [6.45, 7) is 0. The molecule has 0 aliphatic heterocycles. The van der Waals surface area contributed by atoms with E-state index in [9.17, 15) is 4.79 Å². The molecule has 1 heterocycles. The van der Waals surface area contributed by atoms with Crippen molar-refractivity contribution in [3.63, 3.8) is 0 Å². The lowest BCUT2D eigenvalue weighted by Crippen LogP contribution is -2.15. The summed E-state index contributed by atoms with van der Waals surface area (Å²) < 4.78 is 1.65. The Labute approximate surface area is 103 Å². The highest BCUT2D eigenvalue weighted by molar-refractivity contribution is 6.34. The quantitative estimate of drug-likeness (QED) is 0.872. The van der Waals surface area contributed by atoms with E-state index in [4.69, 9.17) is 22.4 Å². The van der Waals surface area contributed by atoms with E-state index < -0.39 is 12.0 Å². The third kappa shape index (κ3) is 2.11. The zero-order valence-electron chi connectivity index (χ0n) is 9.22. The van der Waals surface area contributed by atoms with Crippen LogP contribution in [0.15, 0.2) is 18.2 Å². The van der Waals surface area contributed by atoms with Crippen molar-refractivity contribution in [2.45, 2.75) is 12.5 Å². The first kappa shape index (κ1) is 11.9. The molecule has 2 aromatic rings. The van der Waals surface area contributed by atoms with Gasteiger partial charge in [0.25, 0.3) is 0 Å². The van der Waals surface area contributed by atoms with Crippen molar-refractivity contribution in [3.8, 4) is 0 Å². The van der Waals surface area contributed by atoms with Crippen LogP contribution in [-0.2, 0) is 11.8 Å². The van der Waals surface area contributed by atoms with Gasteiger partial charge in [0.05, 0.1) is 11.9 Å². The lowest BCUT2D eigenvalue weighted by molar-refractivity contribution is -0.137. The third-order valence-electron chi connectivity index (χ3n) is 2.66. The van der Waals surface area contributed by atoms with Gasteiger partial charge in [-0.25, -0.2) is 0 Å². The fourth-order valence-corrected chi connectivity index (χ4v) is 2.21. The van der Waals surface area contributed by atoms with Crippen LogP contribution in [0.5, 0.6) is 0 Å². The summed E-state index contributed by atoms with van der Waals surface area (Å²) in [7, 11) is 1.78. The van der Waals surface area contributed by atoms with Gasteiger partial charge in [-0.15, -0.1) is 0 Å². The van der Waals surface area contributed by atoms with Crippen molar-refractivity contribution in [3.05, 3.63) is 28.9 Å². The molecule has 0 bridgehead atoms. The molecule has 0 fully saturated rings. The smallest absolute Gasteiger partial charge is 0.305 e. The number of carbonyl (C=O) groups is 1. The number of nitrogens with two attached hydrogens (primary N) is 1. The van der Waals surface area contributed by atoms with Gasteiger partial charge in [0.2, 0.25) is 0 Å². The summed E-state index contributed by atoms with van der Waals surface area (Å²) in [5.74, 6) is -0.936. The number of hydrogen-bond acceptors (Lipinski definition) is 3. The number of aryl methyl sites for hydroxylation is 1. The van der Waals surface area contributed by atoms with Gasteiger partial charge in [-0.05, 0) is 11.6 Å². The van der Waals surface area contributed by atoms with Gasteiger partial charge in [-0.3, -0.25) is 9.48 Å². The summed E-state index contributed by atoms with van der Waals surface area (Å²) in [6, 6.07) is 4.88. The number of halogens is 1. The number of rotatable bonds is 3. The van der Waals surface area contributed by atoms with Crippen LogP contribution in [0, 0.1) is 0 Å². The van der Waals surface area contributed by atoms with E-state index in [1.807, 2.05) is 12.1 Å². The molecule has 3 N–H and O–H groups in total. The van der Waals surface area contributed by atoms with Crippen LogP contribution >= 0.6 is 11.6 Å². The monoisotopic (exact) mass is 253 g/mol. The molecule has 1 aromatic heterocycles. The second-order valence-electron chi connectivity index (χ2n) is 3.86. The number of carboxylic acids is 1. The van der Waals surface area contributed by atoms with Gasteiger partial charge in [0, 0.05) is 18.5 Å². The van der Waals surface area contributed by atoms with Gasteiger partial charge in [0.15, 0.2) is 5.15 Å². The minimum atomic E-state index is -0.936. The molecule has 0 saturated carbocycles. The van der Waals surface area contributed by atoms with Crippen LogP contribution in [0.1, 0.15) is 18.0 Å². The Bertz CT molecular complexity index is 579. The van der Waals surface area contributed by atoms with Crippen LogP contribution in [0.2, 0.25) is 5.15 Å². The lowest BCUT2D eigenvalue weighted by Gasteiger charge is -2.10. The van der Waals surface area contributed by atoms with Gasteiger partial charge >= 0.3 is 5.97 Å². The molecule has 1 atom stereocenters. The Hall–Kier alpha value is -1.59. The van der Waals surface area contributed by atoms with Crippen LogP contribution in [0.3, 0.4) is 0 Å². The lowest BCUT2D eigenvalue weighted by atomic mass is 10.0. The molecule has 6 heteroatoms. The summed E-state index contributed by atoms with van der Waals surface area (Å²) in [5, 5.41) is 13.9. The van der Waals surface area contributed by atoms with E-state index in [0.29, 0.717) is 10.7 Å².